The van der Waals surface area contributed by atoms with E-state index in [1.54, 1.807) is 0 Å². The van der Waals surface area contributed by atoms with Crippen molar-refractivity contribution in [3.8, 4) is 6.07 Å². The number of carbonyl (C=O) groups is 1. The van der Waals surface area contributed by atoms with Crippen LogP contribution in [0.1, 0.15) is 24.2 Å². The lowest BCUT2D eigenvalue weighted by Gasteiger charge is -2.17. The van der Waals surface area contributed by atoms with Gasteiger partial charge in [0, 0.05) is 6.20 Å². The van der Waals surface area contributed by atoms with Crippen LogP contribution in [-0.2, 0) is 0 Å². The minimum Gasteiger partial charge on any atom is -0.334 e. The van der Waals surface area contributed by atoms with Crippen molar-refractivity contribution in [3.05, 3.63) is 29.8 Å². The van der Waals surface area contributed by atoms with Crippen molar-refractivity contribution < 1.29 is 9.18 Å². The van der Waals surface area contributed by atoms with Gasteiger partial charge in [0.1, 0.15) is 5.54 Å². The summed E-state index contributed by atoms with van der Waals surface area (Å²) in [4.78, 5) is 14.8. The second-order valence-corrected chi connectivity index (χ2v) is 3.53. The minimum atomic E-state index is -1.03. The van der Waals surface area contributed by atoms with Crippen LogP contribution >= 0.6 is 0 Å². The van der Waals surface area contributed by atoms with E-state index in [1.165, 1.54) is 32.2 Å². The SMILES string of the molecule is CC(C)(C#N)NC(=O)c1cccnc1F. The molecule has 15 heavy (non-hydrogen) atoms. The summed E-state index contributed by atoms with van der Waals surface area (Å²) in [6, 6.07) is 4.65. The van der Waals surface area contributed by atoms with Gasteiger partial charge in [-0.05, 0) is 26.0 Å². The molecule has 78 valence electrons. The number of hydrogen-bond acceptors (Lipinski definition) is 3. The molecule has 0 fully saturated rings. The average molecular weight is 207 g/mol. The fourth-order valence-electron chi connectivity index (χ4n) is 0.935. The molecule has 0 saturated heterocycles. The maximum Gasteiger partial charge on any atom is 0.257 e. The van der Waals surface area contributed by atoms with Gasteiger partial charge in [0.05, 0.1) is 11.6 Å². The molecule has 0 aliphatic rings. The summed E-state index contributed by atoms with van der Waals surface area (Å²) in [5.74, 6) is -1.49. The van der Waals surface area contributed by atoms with Crippen molar-refractivity contribution in [1.29, 1.82) is 5.26 Å². The minimum absolute atomic E-state index is 0.166. The first kappa shape index (κ1) is 11.1. The van der Waals surface area contributed by atoms with Crippen LogP contribution in [0.5, 0.6) is 0 Å². The molecule has 1 aromatic heterocycles. The van der Waals surface area contributed by atoms with Gasteiger partial charge in [0.2, 0.25) is 5.95 Å². The number of carbonyl (C=O) groups excluding carboxylic acids is 1. The maximum absolute atomic E-state index is 13.1. The lowest BCUT2D eigenvalue weighted by molar-refractivity contribution is 0.0924. The zero-order valence-electron chi connectivity index (χ0n) is 8.41. The van der Waals surface area contributed by atoms with Crippen molar-refractivity contribution >= 4 is 5.91 Å². The van der Waals surface area contributed by atoms with Crippen LogP contribution in [0.2, 0.25) is 0 Å². The van der Waals surface area contributed by atoms with Crippen LogP contribution in [0.15, 0.2) is 18.3 Å². The normalized spacial score (nSPS) is 10.5. The average Bonchev–Trinajstić information content (AvgIpc) is 2.17. The van der Waals surface area contributed by atoms with Gasteiger partial charge in [0.25, 0.3) is 5.91 Å². The van der Waals surface area contributed by atoms with Crippen LogP contribution in [0.3, 0.4) is 0 Å². The van der Waals surface area contributed by atoms with Crippen LogP contribution in [-0.4, -0.2) is 16.4 Å². The molecule has 0 aliphatic heterocycles. The topological polar surface area (TPSA) is 65.8 Å². The Labute approximate surface area is 86.7 Å². The molecule has 1 amide bonds. The molecule has 1 aromatic rings. The molecule has 4 nitrogen and oxygen atoms in total. The molecule has 0 aromatic carbocycles. The van der Waals surface area contributed by atoms with E-state index in [0.29, 0.717) is 0 Å². The predicted octanol–water partition coefficient (Wildman–Crippen LogP) is 1.25. The van der Waals surface area contributed by atoms with E-state index in [4.69, 9.17) is 5.26 Å². The first-order chi connectivity index (χ1) is 6.96. The van der Waals surface area contributed by atoms with Crippen molar-refractivity contribution in [2.24, 2.45) is 0 Å². The van der Waals surface area contributed by atoms with E-state index < -0.39 is 17.4 Å². The van der Waals surface area contributed by atoms with Crippen molar-refractivity contribution in [3.63, 3.8) is 0 Å². The fourth-order valence-corrected chi connectivity index (χ4v) is 0.935. The van der Waals surface area contributed by atoms with Gasteiger partial charge in [-0.2, -0.15) is 9.65 Å². The zero-order chi connectivity index (χ0) is 11.5. The highest BCUT2D eigenvalue weighted by Crippen LogP contribution is 2.06. The summed E-state index contributed by atoms with van der Waals surface area (Å²) in [6.45, 7) is 3.05. The van der Waals surface area contributed by atoms with Gasteiger partial charge in [0.15, 0.2) is 0 Å². The van der Waals surface area contributed by atoms with E-state index in [1.807, 2.05) is 6.07 Å². The number of amides is 1. The molecule has 0 spiro atoms. The largest absolute Gasteiger partial charge is 0.334 e. The smallest absolute Gasteiger partial charge is 0.257 e. The van der Waals surface area contributed by atoms with E-state index in [9.17, 15) is 9.18 Å². The van der Waals surface area contributed by atoms with Gasteiger partial charge in [-0.15, -0.1) is 0 Å². The van der Waals surface area contributed by atoms with Gasteiger partial charge in [-0.1, -0.05) is 0 Å². The van der Waals surface area contributed by atoms with Crippen LogP contribution in [0, 0.1) is 17.3 Å². The van der Waals surface area contributed by atoms with E-state index in [-0.39, 0.29) is 5.56 Å². The summed E-state index contributed by atoms with van der Waals surface area (Å²) in [5.41, 5.74) is -1.19. The van der Waals surface area contributed by atoms with Gasteiger partial charge in [-0.3, -0.25) is 4.79 Å². The quantitative estimate of drug-likeness (QED) is 0.742. The molecular weight excluding hydrogens is 197 g/mol. The lowest BCUT2D eigenvalue weighted by atomic mass is 10.1. The fraction of sp³-hybridized carbons (Fsp3) is 0.300. The molecule has 0 radical (unpaired) electrons. The van der Waals surface area contributed by atoms with E-state index in [0.717, 1.165) is 0 Å². The predicted molar refractivity (Wildman–Crippen MR) is 51.4 cm³/mol. The van der Waals surface area contributed by atoms with Crippen molar-refractivity contribution in [2.75, 3.05) is 0 Å². The van der Waals surface area contributed by atoms with E-state index >= 15 is 0 Å². The summed E-state index contributed by atoms with van der Waals surface area (Å²) in [5, 5.41) is 11.1. The third-order valence-electron chi connectivity index (χ3n) is 1.71. The molecule has 1 heterocycles. The number of halogens is 1. The third-order valence-corrected chi connectivity index (χ3v) is 1.71. The number of nitriles is 1. The first-order valence-corrected chi connectivity index (χ1v) is 4.30. The molecule has 0 unspecified atom stereocenters. The Morgan fingerprint density at radius 2 is 2.33 bits per heavy atom. The summed E-state index contributed by atoms with van der Waals surface area (Å²) in [6.07, 6.45) is 1.25. The zero-order valence-corrected chi connectivity index (χ0v) is 8.41. The van der Waals surface area contributed by atoms with Crippen LogP contribution in [0.4, 0.5) is 4.39 Å². The Bertz CT molecular complexity index is 423. The van der Waals surface area contributed by atoms with Crippen LogP contribution < -0.4 is 5.32 Å². The summed E-state index contributed by atoms with van der Waals surface area (Å²) in [7, 11) is 0. The van der Waals surface area contributed by atoms with Gasteiger partial charge < -0.3 is 5.32 Å². The number of nitrogens with zero attached hydrogens (tertiary/aromatic N) is 2. The molecular formula is C10H10FN3O. The number of rotatable bonds is 2. The Kier molecular flexibility index (Phi) is 3.00. The van der Waals surface area contributed by atoms with Gasteiger partial charge >= 0.3 is 0 Å². The molecule has 0 bridgehead atoms. The molecule has 1 N–H and O–H groups in total. The third kappa shape index (κ3) is 2.74. The van der Waals surface area contributed by atoms with Crippen molar-refractivity contribution in [1.82, 2.24) is 10.3 Å². The van der Waals surface area contributed by atoms with E-state index in [2.05, 4.69) is 10.3 Å². The Hall–Kier alpha value is -1.96. The first-order valence-electron chi connectivity index (χ1n) is 4.30. The number of nitrogens with one attached hydrogen (secondary N) is 1. The highest BCUT2D eigenvalue weighted by Gasteiger charge is 2.22. The highest BCUT2D eigenvalue weighted by molar-refractivity contribution is 5.94. The second-order valence-electron chi connectivity index (χ2n) is 3.53. The summed E-state index contributed by atoms with van der Waals surface area (Å²) >= 11 is 0. The van der Waals surface area contributed by atoms with Crippen molar-refractivity contribution in [2.45, 2.75) is 19.4 Å². The Morgan fingerprint density at radius 1 is 1.67 bits per heavy atom. The Balaban J connectivity index is 2.89. The van der Waals surface area contributed by atoms with Crippen LogP contribution in [0.25, 0.3) is 0 Å². The molecule has 0 atom stereocenters. The Morgan fingerprint density at radius 3 is 2.87 bits per heavy atom. The van der Waals surface area contributed by atoms with Gasteiger partial charge in [-0.25, -0.2) is 4.98 Å². The number of hydrogen-bond donors (Lipinski definition) is 1. The maximum atomic E-state index is 13.1. The molecule has 5 heteroatoms. The molecule has 0 saturated carbocycles. The standard InChI is InChI=1S/C10H10FN3O/c1-10(2,6-12)14-9(15)7-4-3-5-13-8(7)11/h3-5H,1-2H3,(H,14,15). The number of aromatic nitrogens is 1. The summed E-state index contributed by atoms with van der Waals surface area (Å²) < 4.78 is 13.1. The monoisotopic (exact) mass is 207 g/mol. The lowest BCUT2D eigenvalue weighted by Crippen LogP contribution is -2.42. The second kappa shape index (κ2) is 4.05. The molecule has 0 aliphatic carbocycles. The molecule has 1 rings (SSSR count). The number of pyridine rings is 1. The highest BCUT2D eigenvalue weighted by atomic mass is 19.1.